The molecule has 0 spiro atoms. The molecule has 0 aliphatic carbocycles. The van der Waals surface area contributed by atoms with Crippen molar-refractivity contribution in [3.05, 3.63) is 53.0 Å². The molecule has 18 heavy (non-hydrogen) atoms. The summed E-state index contributed by atoms with van der Waals surface area (Å²) in [5, 5.41) is 4.18. The third kappa shape index (κ3) is 1.71. The molecule has 7 nitrogen and oxygen atoms in total. The average molecular weight is 242 g/mol. The van der Waals surface area contributed by atoms with Crippen molar-refractivity contribution in [1.82, 2.24) is 24.1 Å². The molecule has 0 bridgehead atoms. The van der Waals surface area contributed by atoms with Gasteiger partial charge in [-0.1, -0.05) is 6.07 Å². The third-order valence-electron chi connectivity index (χ3n) is 2.57. The van der Waals surface area contributed by atoms with Crippen LogP contribution in [-0.2, 0) is 6.54 Å². The van der Waals surface area contributed by atoms with E-state index in [9.17, 15) is 4.79 Å². The number of aromatic nitrogens is 5. The molecule has 0 aliphatic heterocycles. The number of hydrogen-bond donors (Lipinski definition) is 1. The van der Waals surface area contributed by atoms with Gasteiger partial charge in [-0.05, 0) is 11.6 Å². The SMILES string of the molecule is Nc1ccc(Cn2nc3cnccn3c2=O)cn1. The molecule has 0 saturated carbocycles. The molecule has 3 rings (SSSR count). The predicted octanol–water partition coefficient (Wildman–Crippen LogP) is -0.0835. The Bertz CT molecular complexity index is 742. The molecule has 7 heteroatoms. The zero-order chi connectivity index (χ0) is 12.5. The number of rotatable bonds is 2. The second-order valence-corrected chi connectivity index (χ2v) is 3.84. The Morgan fingerprint density at radius 2 is 2.17 bits per heavy atom. The van der Waals surface area contributed by atoms with Crippen molar-refractivity contribution in [2.45, 2.75) is 6.54 Å². The molecule has 0 aliphatic rings. The second-order valence-electron chi connectivity index (χ2n) is 3.84. The van der Waals surface area contributed by atoms with Gasteiger partial charge in [0, 0.05) is 18.6 Å². The summed E-state index contributed by atoms with van der Waals surface area (Å²) in [6.45, 7) is 0.355. The molecule has 0 radical (unpaired) electrons. The monoisotopic (exact) mass is 242 g/mol. The number of anilines is 1. The van der Waals surface area contributed by atoms with E-state index in [1.165, 1.54) is 9.08 Å². The Morgan fingerprint density at radius 3 is 2.89 bits per heavy atom. The molecule has 0 amide bonds. The first-order valence-electron chi connectivity index (χ1n) is 5.33. The van der Waals surface area contributed by atoms with Crippen LogP contribution in [0.2, 0.25) is 0 Å². The normalized spacial score (nSPS) is 10.9. The van der Waals surface area contributed by atoms with Gasteiger partial charge in [0.2, 0.25) is 0 Å². The minimum absolute atomic E-state index is 0.204. The first-order chi connectivity index (χ1) is 8.74. The van der Waals surface area contributed by atoms with Gasteiger partial charge in [-0.2, -0.15) is 0 Å². The fourth-order valence-electron chi connectivity index (χ4n) is 1.69. The van der Waals surface area contributed by atoms with Gasteiger partial charge in [0.25, 0.3) is 0 Å². The van der Waals surface area contributed by atoms with Crippen LogP contribution in [0.15, 0.2) is 41.7 Å². The topological polar surface area (TPSA) is 91.1 Å². The first-order valence-corrected chi connectivity index (χ1v) is 5.33. The molecule has 0 unspecified atom stereocenters. The van der Waals surface area contributed by atoms with Gasteiger partial charge < -0.3 is 5.73 Å². The highest BCUT2D eigenvalue weighted by atomic mass is 16.2. The average Bonchev–Trinajstić information content (AvgIpc) is 2.70. The van der Waals surface area contributed by atoms with Crippen LogP contribution >= 0.6 is 0 Å². The number of nitrogens with zero attached hydrogens (tertiary/aromatic N) is 5. The highest BCUT2D eigenvalue weighted by molar-refractivity contribution is 5.32. The molecule has 3 aromatic heterocycles. The standard InChI is InChI=1S/C11H10N6O/c12-9-2-1-8(5-14-9)7-17-11(18)16-4-3-13-6-10(16)15-17/h1-6H,7H2,(H2,12,14). The van der Waals surface area contributed by atoms with E-state index in [1.807, 2.05) is 6.07 Å². The Morgan fingerprint density at radius 1 is 1.28 bits per heavy atom. The van der Waals surface area contributed by atoms with Crippen LogP contribution in [0.5, 0.6) is 0 Å². The van der Waals surface area contributed by atoms with Gasteiger partial charge in [0.05, 0.1) is 12.7 Å². The lowest BCUT2D eigenvalue weighted by Gasteiger charge is -1.99. The van der Waals surface area contributed by atoms with Gasteiger partial charge in [-0.25, -0.2) is 18.9 Å². The van der Waals surface area contributed by atoms with E-state index in [4.69, 9.17) is 5.73 Å². The van der Waals surface area contributed by atoms with Crippen molar-refractivity contribution in [3.63, 3.8) is 0 Å². The van der Waals surface area contributed by atoms with Gasteiger partial charge in [0.15, 0.2) is 5.65 Å². The van der Waals surface area contributed by atoms with Gasteiger partial charge in [0.1, 0.15) is 5.82 Å². The molecular weight excluding hydrogens is 232 g/mol. The minimum atomic E-state index is -0.204. The summed E-state index contributed by atoms with van der Waals surface area (Å²) in [4.78, 5) is 19.9. The summed E-state index contributed by atoms with van der Waals surface area (Å²) in [5.74, 6) is 0.449. The minimum Gasteiger partial charge on any atom is -0.384 e. The van der Waals surface area contributed by atoms with E-state index in [0.717, 1.165) is 5.56 Å². The Labute approximate surface area is 102 Å². The molecule has 0 atom stereocenters. The number of fused-ring (bicyclic) bond motifs is 1. The van der Waals surface area contributed by atoms with Crippen molar-refractivity contribution >= 4 is 11.5 Å². The van der Waals surface area contributed by atoms with E-state index >= 15 is 0 Å². The quantitative estimate of drug-likeness (QED) is 0.678. The molecule has 0 aromatic carbocycles. The Hall–Kier alpha value is -2.70. The predicted molar refractivity (Wildman–Crippen MR) is 65.0 cm³/mol. The fraction of sp³-hybridized carbons (Fsp3) is 0.0909. The van der Waals surface area contributed by atoms with Crippen LogP contribution in [0.3, 0.4) is 0 Å². The van der Waals surface area contributed by atoms with Crippen molar-refractivity contribution in [2.75, 3.05) is 5.73 Å². The molecular formula is C11H10N6O. The smallest absolute Gasteiger partial charge is 0.350 e. The third-order valence-corrected chi connectivity index (χ3v) is 2.57. The lowest BCUT2D eigenvalue weighted by molar-refractivity contribution is 0.657. The van der Waals surface area contributed by atoms with Gasteiger partial charge >= 0.3 is 5.69 Å². The van der Waals surface area contributed by atoms with Crippen molar-refractivity contribution in [2.24, 2.45) is 0 Å². The lowest BCUT2D eigenvalue weighted by atomic mass is 10.3. The van der Waals surface area contributed by atoms with Gasteiger partial charge in [-0.15, -0.1) is 5.10 Å². The fourth-order valence-corrected chi connectivity index (χ4v) is 1.69. The zero-order valence-corrected chi connectivity index (χ0v) is 9.39. The molecule has 2 N–H and O–H groups in total. The van der Waals surface area contributed by atoms with E-state index < -0.39 is 0 Å². The van der Waals surface area contributed by atoms with Crippen LogP contribution < -0.4 is 11.4 Å². The van der Waals surface area contributed by atoms with E-state index in [-0.39, 0.29) is 5.69 Å². The highest BCUT2D eigenvalue weighted by Gasteiger charge is 2.06. The maximum atomic E-state index is 12.0. The summed E-state index contributed by atoms with van der Waals surface area (Å²) in [7, 11) is 0. The Kier molecular flexibility index (Phi) is 2.30. The van der Waals surface area contributed by atoms with Crippen LogP contribution in [0.25, 0.3) is 5.65 Å². The van der Waals surface area contributed by atoms with Crippen LogP contribution in [0.4, 0.5) is 5.82 Å². The maximum Gasteiger partial charge on any atom is 0.350 e. The summed E-state index contributed by atoms with van der Waals surface area (Å²) < 4.78 is 2.81. The summed E-state index contributed by atoms with van der Waals surface area (Å²) in [5.41, 5.74) is 6.68. The first kappa shape index (κ1) is 10.5. The van der Waals surface area contributed by atoms with Crippen molar-refractivity contribution in [3.8, 4) is 0 Å². The second kappa shape index (κ2) is 3.95. The Balaban J connectivity index is 2.02. The van der Waals surface area contributed by atoms with Crippen LogP contribution in [-0.4, -0.2) is 24.1 Å². The molecule has 3 heterocycles. The molecule has 0 fully saturated rings. The molecule has 3 aromatic rings. The molecule has 90 valence electrons. The molecule has 0 saturated heterocycles. The summed E-state index contributed by atoms with van der Waals surface area (Å²) in [6.07, 6.45) is 6.30. The van der Waals surface area contributed by atoms with Crippen LogP contribution in [0.1, 0.15) is 5.56 Å². The van der Waals surface area contributed by atoms with Crippen LogP contribution in [0, 0.1) is 0 Å². The number of nitrogen functional groups attached to an aromatic ring is 1. The van der Waals surface area contributed by atoms with Gasteiger partial charge in [-0.3, -0.25) is 4.98 Å². The summed E-state index contributed by atoms with van der Waals surface area (Å²) >= 11 is 0. The highest BCUT2D eigenvalue weighted by Crippen LogP contribution is 2.02. The maximum absolute atomic E-state index is 12.0. The largest absolute Gasteiger partial charge is 0.384 e. The number of nitrogens with two attached hydrogens (primary N) is 1. The van der Waals surface area contributed by atoms with E-state index in [0.29, 0.717) is 18.0 Å². The lowest BCUT2D eigenvalue weighted by Crippen LogP contribution is -2.21. The van der Waals surface area contributed by atoms with Crippen molar-refractivity contribution in [1.29, 1.82) is 0 Å². The number of hydrogen-bond acceptors (Lipinski definition) is 5. The summed E-state index contributed by atoms with van der Waals surface area (Å²) in [6, 6.07) is 3.51. The van der Waals surface area contributed by atoms with E-state index in [2.05, 4.69) is 15.1 Å². The van der Waals surface area contributed by atoms with Crippen molar-refractivity contribution < 1.29 is 0 Å². The number of pyridine rings is 1. The van der Waals surface area contributed by atoms with E-state index in [1.54, 1.807) is 30.9 Å². The zero-order valence-electron chi connectivity index (χ0n) is 9.39.